The molecule has 0 saturated carbocycles. The van der Waals surface area contributed by atoms with Crippen molar-refractivity contribution >= 4 is 56.0 Å². The number of aromatic nitrogens is 2. The molecule has 3 aromatic rings. The van der Waals surface area contributed by atoms with Crippen molar-refractivity contribution in [3.05, 3.63) is 64.8 Å². The topological polar surface area (TPSA) is 109 Å². The summed E-state index contributed by atoms with van der Waals surface area (Å²) in [4.78, 5) is 11.6. The third-order valence-corrected chi connectivity index (χ3v) is 9.44. The Labute approximate surface area is 265 Å². The molecule has 10 nitrogen and oxygen atoms in total. The number of nitrogens with zero attached hydrogens (tertiary/aromatic N) is 4. The minimum Gasteiger partial charge on any atom is -0.489 e. The van der Waals surface area contributed by atoms with Crippen LogP contribution in [0.5, 0.6) is 5.75 Å². The summed E-state index contributed by atoms with van der Waals surface area (Å²) in [7, 11) is -1.98. The number of para-hydroxylation sites is 2. The molecule has 0 unspecified atom stereocenters. The van der Waals surface area contributed by atoms with Gasteiger partial charge in [0.25, 0.3) is 0 Å². The number of benzene rings is 2. The molecule has 1 saturated heterocycles. The van der Waals surface area contributed by atoms with Gasteiger partial charge in [-0.1, -0.05) is 29.8 Å². The predicted molar refractivity (Wildman–Crippen MR) is 178 cm³/mol. The van der Waals surface area contributed by atoms with E-state index in [0.29, 0.717) is 34.9 Å². The normalized spacial score (nSPS) is 16.5. The molecule has 2 N–H and O–H groups in total. The highest BCUT2D eigenvalue weighted by atomic mass is 35.5. The maximum absolute atomic E-state index is 12.2. The van der Waals surface area contributed by atoms with Crippen LogP contribution in [0.15, 0.2) is 48.7 Å². The molecule has 0 bridgehead atoms. The van der Waals surface area contributed by atoms with Gasteiger partial charge in [-0.15, -0.1) is 0 Å². The zero-order chi connectivity index (χ0) is 31.4. The zero-order valence-electron chi connectivity index (χ0n) is 25.9. The Kier molecular flexibility index (Phi) is 9.99. The van der Waals surface area contributed by atoms with Crippen LogP contribution in [0.4, 0.5) is 28.8 Å². The Morgan fingerprint density at radius 3 is 2.57 bits per heavy atom. The fourth-order valence-electron chi connectivity index (χ4n) is 5.59. The number of hydrogen-bond donors (Lipinski definition) is 2. The number of aryl methyl sites for hydroxylation is 1. The molecular weight excluding hydrogens is 600 g/mol. The van der Waals surface area contributed by atoms with E-state index in [1.54, 1.807) is 24.3 Å². The summed E-state index contributed by atoms with van der Waals surface area (Å²) in [5.41, 5.74) is 5.38. The first-order valence-corrected chi connectivity index (χ1v) is 17.1. The van der Waals surface area contributed by atoms with E-state index in [4.69, 9.17) is 21.1 Å². The highest BCUT2D eigenvalue weighted by molar-refractivity contribution is 7.92. The summed E-state index contributed by atoms with van der Waals surface area (Å²) in [6.07, 6.45) is 8.16. The molecular formula is C32H41ClN6O4S. The Balaban J connectivity index is 1.39. The highest BCUT2D eigenvalue weighted by Crippen LogP contribution is 2.37. The van der Waals surface area contributed by atoms with E-state index in [-0.39, 0.29) is 11.1 Å². The molecule has 2 aliphatic heterocycles. The first-order chi connectivity index (χ1) is 21.0. The van der Waals surface area contributed by atoms with Gasteiger partial charge in [0.2, 0.25) is 16.0 Å². The van der Waals surface area contributed by atoms with Crippen molar-refractivity contribution in [2.45, 2.75) is 52.2 Å². The van der Waals surface area contributed by atoms with E-state index >= 15 is 0 Å². The summed E-state index contributed by atoms with van der Waals surface area (Å²) < 4.78 is 37.5. The Bertz CT molecular complexity index is 1620. The van der Waals surface area contributed by atoms with E-state index in [1.165, 1.54) is 28.7 Å². The van der Waals surface area contributed by atoms with Gasteiger partial charge in [-0.2, -0.15) is 4.98 Å². The number of halogens is 1. The van der Waals surface area contributed by atoms with E-state index in [2.05, 4.69) is 50.6 Å². The van der Waals surface area contributed by atoms with Crippen molar-refractivity contribution in [3.8, 4) is 5.75 Å². The molecule has 12 heteroatoms. The molecule has 2 aromatic carbocycles. The van der Waals surface area contributed by atoms with E-state index in [9.17, 15) is 8.42 Å². The van der Waals surface area contributed by atoms with Crippen molar-refractivity contribution in [2.24, 2.45) is 0 Å². The van der Waals surface area contributed by atoms with Gasteiger partial charge in [0.1, 0.15) is 10.8 Å². The van der Waals surface area contributed by atoms with Gasteiger partial charge in [0.05, 0.1) is 35.6 Å². The fourth-order valence-corrected chi connectivity index (χ4v) is 6.24. The highest BCUT2D eigenvalue weighted by Gasteiger charge is 2.25. The maximum Gasteiger partial charge on any atom is 0.232 e. The molecule has 1 aromatic heterocycles. The number of ether oxygens (including phenoxy) is 2. The molecule has 0 radical (unpaired) electrons. The van der Waals surface area contributed by atoms with Crippen LogP contribution in [0.2, 0.25) is 5.02 Å². The van der Waals surface area contributed by atoms with Crippen LogP contribution in [0.1, 0.15) is 44.2 Å². The lowest BCUT2D eigenvalue weighted by atomic mass is 9.93. The number of hydrogen-bond acceptors (Lipinski definition) is 9. The second kappa shape index (κ2) is 13.7. The van der Waals surface area contributed by atoms with Crippen molar-refractivity contribution in [1.82, 2.24) is 14.9 Å². The van der Waals surface area contributed by atoms with Crippen LogP contribution >= 0.6 is 11.6 Å². The molecule has 0 atom stereocenters. The minimum absolute atomic E-state index is 0.0397. The van der Waals surface area contributed by atoms with Crippen molar-refractivity contribution in [1.29, 1.82) is 0 Å². The molecule has 236 valence electrons. The number of nitrogens with one attached hydrogen (secondary N) is 2. The monoisotopic (exact) mass is 640 g/mol. The van der Waals surface area contributed by atoms with Gasteiger partial charge in [-0.25, -0.2) is 13.4 Å². The second-order valence-electron chi connectivity index (χ2n) is 11.5. The van der Waals surface area contributed by atoms with Gasteiger partial charge in [0.15, 0.2) is 5.82 Å². The van der Waals surface area contributed by atoms with Crippen LogP contribution in [0, 0.1) is 6.92 Å². The Morgan fingerprint density at radius 1 is 1.14 bits per heavy atom. The molecule has 0 amide bonds. The summed E-state index contributed by atoms with van der Waals surface area (Å²) in [5, 5.41) is 6.79. The Hall–Kier alpha value is -3.38. The first-order valence-electron chi connectivity index (χ1n) is 14.9. The molecule has 2 aliphatic rings. The van der Waals surface area contributed by atoms with Gasteiger partial charge < -0.3 is 20.1 Å². The second-order valence-corrected chi connectivity index (χ2v) is 14.0. The molecule has 44 heavy (non-hydrogen) atoms. The molecule has 5 rings (SSSR count). The van der Waals surface area contributed by atoms with Crippen LogP contribution in [0.25, 0.3) is 5.57 Å². The number of anilines is 5. The van der Waals surface area contributed by atoms with Gasteiger partial charge >= 0.3 is 0 Å². The molecule has 1 fully saturated rings. The molecule has 0 spiro atoms. The molecule has 0 aliphatic carbocycles. The smallest absolute Gasteiger partial charge is 0.232 e. The van der Waals surface area contributed by atoms with E-state index < -0.39 is 10.0 Å². The quantitative estimate of drug-likeness (QED) is 0.261. The van der Waals surface area contributed by atoms with Crippen LogP contribution < -0.4 is 19.7 Å². The van der Waals surface area contributed by atoms with Gasteiger partial charge in [0, 0.05) is 39.4 Å². The summed E-state index contributed by atoms with van der Waals surface area (Å²) in [5.74, 6) is 1.36. The minimum atomic E-state index is -3.48. The van der Waals surface area contributed by atoms with Crippen LogP contribution in [-0.2, 0) is 14.8 Å². The maximum atomic E-state index is 12.2. The largest absolute Gasteiger partial charge is 0.489 e. The third-order valence-electron chi connectivity index (χ3n) is 7.97. The first kappa shape index (κ1) is 32.0. The summed E-state index contributed by atoms with van der Waals surface area (Å²) in [6.45, 7) is 9.79. The fraction of sp³-hybridized carbons (Fsp3) is 0.438. The van der Waals surface area contributed by atoms with E-state index in [1.807, 2.05) is 13.8 Å². The van der Waals surface area contributed by atoms with Crippen LogP contribution in [-0.4, -0.2) is 75.0 Å². The summed E-state index contributed by atoms with van der Waals surface area (Å²) >= 11 is 6.48. The van der Waals surface area contributed by atoms with E-state index in [0.717, 1.165) is 63.1 Å². The lowest BCUT2D eigenvalue weighted by molar-refractivity contribution is 0.0378. The molecule has 3 heterocycles. The van der Waals surface area contributed by atoms with Crippen molar-refractivity contribution in [3.63, 3.8) is 0 Å². The Morgan fingerprint density at radius 2 is 1.89 bits per heavy atom. The average molecular weight is 641 g/mol. The zero-order valence-corrected chi connectivity index (χ0v) is 27.5. The number of sulfonamides is 1. The average Bonchev–Trinajstić information content (AvgIpc) is 3.00. The standard InChI is InChI=1S/C32H41ClN6O4S/c1-21(2)43-30-19-25(23-10-14-39(15-11-23)24-12-16-42-17-13-24)22(3)18-28(30)36-32-34-20-26(33)31(37-32)35-27-8-6-7-9-29(27)38(4)44(5,40)41/h6-10,18-21,24H,11-17H2,1-5H3,(H2,34,35,36,37). The number of rotatable bonds is 10. The lowest BCUT2D eigenvalue weighted by Crippen LogP contribution is -2.41. The van der Waals surface area contributed by atoms with Crippen molar-refractivity contribution in [2.75, 3.05) is 54.5 Å². The third kappa shape index (κ3) is 7.63. The van der Waals surface area contributed by atoms with Gasteiger partial charge in [-0.3, -0.25) is 9.21 Å². The predicted octanol–water partition coefficient (Wildman–Crippen LogP) is 6.38. The lowest BCUT2D eigenvalue weighted by Gasteiger charge is -2.36. The summed E-state index contributed by atoms with van der Waals surface area (Å²) in [6, 6.07) is 11.8. The van der Waals surface area contributed by atoms with Crippen molar-refractivity contribution < 1.29 is 17.9 Å². The SMILES string of the molecule is Cc1cc(Nc2ncc(Cl)c(Nc3ccccc3N(C)S(C)(=O)=O)n2)c(OC(C)C)cc1C1=CCN(C2CCOCC2)CC1. The van der Waals surface area contributed by atoms with Crippen LogP contribution in [0.3, 0.4) is 0 Å². The van der Waals surface area contributed by atoms with Gasteiger partial charge in [-0.05, 0) is 81.0 Å².